The monoisotopic (exact) mass is 799 g/mol. The molecule has 0 atom stereocenters. The third kappa shape index (κ3) is 5.98. The minimum Gasteiger partial charge on any atom is -0.246 e. The number of rotatable bonds is 6. The Bertz CT molecular complexity index is 3590. The Balaban J connectivity index is 0.996. The lowest BCUT2D eigenvalue weighted by atomic mass is 9.97. The van der Waals surface area contributed by atoms with E-state index in [2.05, 4.69) is 176 Å². The molecule has 12 aromatic rings. The summed E-state index contributed by atoms with van der Waals surface area (Å²) in [5.41, 5.74) is 12.5. The molecule has 0 radical (unpaired) electrons. The lowest BCUT2D eigenvalue weighted by molar-refractivity contribution is 1.18. The SMILES string of the molecule is c1ccc(-c2ccc(-c3cc(-c4cccc(-c5nc6ccc(-c7ccc8sc9ccccc9c8c7)cc6c6c5sc5ccccc56)c4)nc(-c4ccccc4)n3)cc2)cc1. The lowest BCUT2D eigenvalue weighted by Crippen LogP contribution is -1.96. The van der Waals surface area contributed by atoms with E-state index in [-0.39, 0.29) is 0 Å². The highest BCUT2D eigenvalue weighted by Crippen LogP contribution is 2.45. The summed E-state index contributed by atoms with van der Waals surface area (Å²) in [4.78, 5) is 15.8. The fourth-order valence-electron chi connectivity index (χ4n) is 8.51. The van der Waals surface area contributed by atoms with E-state index < -0.39 is 0 Å². The number of nitrogens with zero attached hydrogens (tertiary/aromatic N) is 3. The van der Waals surface area contributed by atoms with Crippen molar-refractivity contribution in [2.75, 3.05) is 0 Å². The van der Waals surface area contributed by atoms with Crippen molar-refractivity contribution < 1.29 is 0 Å². The third-order valence-corrected chi connectivity index (χ3v) is 13.8. The first kappa shape index (κ1) is 34.7. The molecule has 0 saturated carbocycles. The van der Waals surface area contributed by atoms with Gasteiger partial charge in [-0.05, 0) is 70.8 Å². The van der Waals surface area contributed by atoms with Gasteiger partial charge in [0.2, 0.25) is 0 Å². The van der Waals surface area contributed by atoms with Crippen LogP contribution in [0.3, 0.4) is 0 Å². The number of hydrogen-bond donors (Lipinski definition) is 0. The Morgan fingerprint density at radius 1 is 0.300 bits per heavy atom. The molecule has 0 aliphatic carbocycles. The molecule has 0 unspecified atom stereocenters. The van der Waals surface area contributed by atoms with Gasteiger partial charge in [0.1, 0.15) is 0 Å². The van der Waals surface area contributed by atoms with Crippen molar-refractivity contribution in [2.45, 2.75) is 0 Å². The molecular weight excluding hydrogens is 767 g/mol. The quantitative estimate of drug-likeness (QED) is 0.168. The largest absolute Gasteiger partial charge is 0.246 e. The molecule has 5 heteroatoms. The lowest BCUT2D eigenvalue weighted by Gasteiger charge is -2.12. The molecule has 4 aromatic heterocycles. The molecule has 60 heavy (non-hydrogen) atoms. The van der Waals surface area contributed by atoms with Gasteiger partial charge >= 0.3 is 0 Å². The van der Waals surface area contributed by atoms with Gasteiger partial charge in [0.25, 0.3) is 0 Å². The molecule has 0 saturated heterocycles. The summed E-state index contributed by atoms with van der Waals surface area (Å²) in [6, 6.07) is 71.3. The first-order chi connectivity index (χ1) is 29.7. The summed E-state index contributed by atoms with van der Waals surface area (Å²) < 4.78 is 5.07. The van der Waals surface area contributed by atoms with Crippen LogP contribution >= 0.6 is 22.7 Å². The van der Waals surface area contributed by atoms with Crippen molar-refractivity contribution in [3.63, 3.8) is 0 Å². The highest BCUT2D eigenvalue weighted by molar-refractivity contribution is 7.26. The number of fused-ring (bicyclic) bond motifs is 8. The summed E-state index contributed by atoms with van der Waals surface area (Å²) >= 11 is 3.67. The van der Waals surface area contributed by atoms with Crippen LogP contribution in [0.1, 0.15) is 0 Å². The van der Waals surface area contributed by atoms with Crippen molar-refractivity contribution in [1.29, 1.82) is 0 Å². The average molecular weight is 800 g/mol. The van der Waals surface area contributed by atoms with Crippen molar-refractivity contribution in [1.82, 2.24) is 15.0 Å². The topological polar surface area (TPSA) is 38.7 Å². The van der Waals surface area contributed by atoms with Crippen LogP contribution in [0.15, 0.2) is 200 Å². The zero-order valence-electron chi connectivity index (χ0n) is 32.2. The smallest absolute Gasteiger partial charge is 0.160 e. The molecule has 0 amide bonds. The Morgan fingerprint density at radius 3 is 1.63 bits per heavy atom. The minimum absolute atomic E-state index is 0.693. The molecule has 280 valence electrons. The number of pyridine rings is 1. The Kier molecular flexibility index (Phi) is 8.22. The molecule has 0 aliphatic heterocycles. The van der Waals surface area contributed by atoms with Crippen LogP contribution in [0, 0.1) is 0 Å². The standard InChI is InChI=1S/C55H33N3S2/c1-3-12-34(13-4-1)35-22-24-36(25-23-35)47-33-48(58-55(57-47)37-14-5-2-6-15-37)40-16-11-17-41(30-40)53-54-52(43-19-8-10-21-50(43)60-54)45-32-38(26-28-46(45)56-53)39-27-29-51-44(31-39)42-18-7-9-20-49(42)59-51/h1-33H. The molecule has 3 nitrogen and oxygen atoms in total. The van der Waals surface area contributed by atoms with Gasteiger partial charge in [-0.2, -0.15) is 0 Å². The maximum atomic E-state index is 5.46. The van der Waals surface area contributed by atoms with Gasteiger partial charge in [-0.15, -0.1) is 22.7 Å². The molecule has 4 heterocycles. The van der Waals surface area contributed by atoms with Crippen molar-refractivity contribution in [3.8, 4) is 67.4 Å². The fraction of sp³-hybridized carbons (Fsp3) is 0. The van der Waals surface area contributed by atoms with E-state index in [1.807, 2.05) is 46.9 Å². The van der Waals surface area contributed by atoms with E-state index in [9.17, 15) is 0 Å². The van der Waals surface area contributed by atoms with E-state index in [4.69, 9.17) is 15.0 Å². The Hall–Kier alpha value is -7.31. The van der Waals surface area contributed by atoms with E-state index in [1.54, 1.807) is 0 Å². The van der Waals surface area contributed by atoms with E-state index >= 15 is 0 Å². The van der Waals surface area contributed by atoms with Gasteiger partial charge in [-0.25, -0.2) is 15.0 Å². The zero-order valence-corrected chi connectivity index (χ0v) is 33.8. The maximum Gasteiger partial charge on any atom is 0.160 e. The van der Waals surface area contributed by atoms with Crippen LogP contribution in [-0.4, -0.2) is 15.0 Å². The third-order valence-electron chi connectivity index (χ3n) is 11.5. The highest BCUT2D eigenvalue weighted by Gasteiger charge is 2.19. The van der Waals surface area contributed by atoms with Crippen molar-refractivity contribution in [2.24, 2.45) is 0 Å². The molecule has 0 N–H and O–H groups in total. The summed E-state index contributed by atoms with van der Waals surface area (Å²) in [5.74, 6) is 0.693. The Morgan fingerprint density at radius 2 is 0.850 bits per heavy atom. The first-order valence-corrected chi connectivity index (χ1v) is 21.7. The summed E-state index contributed by atoms with van der Waals surface area (Å²) in [6.45, 7) is 0. The van der Waals surface area contributed by atoms with Gasteiger partial charge in [0.05, 0.1) is 27.3 Å². The van der Waals surface area contributed by atoms with Gasteiger partial charge in [-0.1, -0.05) is 152 Å². The molecular formula is C55H33N3S2. The molecule has 8 aromatic carbocycles. The minimum atomic E-state index is 0.693. The summed E-state index contributed by atoms with van der Waals surface area (Å²) in [6.07, 6.45) is 0. The second-order valence-electron chi connectivity index (χ2n) is 15.2. The summed E-state index contributed by atoms with van der Waals surface area (Å²) in [7, 11) is 0. The first-order valence-electron chi connectivity index (χ1n) is 20.1. The van der Waals surface area contributed by atoms with Crippen LogP contribution in [0.5, 0.6) is 0 Å². The van der Waals surface area contributed by atoms with Gasteiger partial charge in [-0.3, -0.25) is 0 Å². The van der Waals surface area contributed by atoms with Gasteiger partial charge in [0, 0.05) is 63.3 Å². The van der Waals surface area contributed by atoms with Crippen LogP contribution in [0.2, 0.25) is 0 Å². The van der Waals surface area contributed by atoms with Crippen molar-refractivity contribution >= 4 is 73.9 Å². The predicted molar refractivity (Wildman–Crippen MR) is 256 cm³/mol. The number of thiophene rings is 2. The van der Waals surface area contributed by atoms with Crippen LogP contribution in [-0.2, 0) is 0 Å². The normalized spacial score (nSPS) is 11.7. The van der Waals surface area contributed by atoms with Crippen LogP contribution in [0.25, 0.3) is 119 Å². The van der Waals surface area contributed by atoms with E-state index in [0.29, 0.717) is 5.82 Å². The fourth-order valence-corrected chi connectivity index (χ4v) is 10.8. The predicted octanol–water partition coefficient (Wildman–Crippen LogP) is 15.8. The van der Waals surface area contributed by atoms with Crippen LogP contribution < -0.4 is 0 Å². The molecule has 0 aliphatic rings. The van der Waals surface area contributed by atoms with Gasteiger partial charge < -0.3 is 0 Å². The average Bonchev–Trinajstić information content (AvgIpc) is 3.91. The van der Waals surface area contributed by atoms with Crippen LogP contribution in [0.4, 0.5) is 0 Å². The highest BCUT2D eigenvalue weighted by atomic mass is 32.1. The zero-order chi connectivity index (χ0) is 39.6. The van der Waals surface area contributed by atoms with E-state index in [0.717, 1.165) is 44.9 Å². The summed E-state index contributed by atoms with van der Waals surface area (Å²) in [5, 5.41) is 6.29. The Labute approximate surface area is 354 Å². The number of aromatic nitrogens is 3. The number of benzene rings is 8. The maximum absolute atomic E-state index is 5.46. The second kappa shape index (κ2) is 14.2. The molecule has 12 rings (SSSR count). The van der Waals surface area contributed by atoms with Crippen molar-refractivity contribution in [3.05, 3.63) is 200 Å². The van der Waals surface area contributed by atoms with E-state index in [1.165, 1.54) is 68.0 Å². The molecule has 0 spiro atoms. The molecule has 0 bridgehead atoms. The number of hydrogen-bond acceptors (Lipinski definition) is 5. The second-order valence-corrected chi connectivity index (χ2v) is 17.3. The van der Waals surface area contributed by atoms with Gasteiger partial charge in [0.15, 0.2) is 5.82 Å². The molecule has 0 fully saturated rings.